The van der Waals surface area contributed by atoms with Gasteiger partial charge in [0.2, 0.25) is 0 Å². The maximum absolute atomic E-state index is 4.44. The minimum Gasteiger partial charge on any atom is -0.378 e. The molecule has 0 radical (unpaired) electrons. The fourth-order valence-electron chi connectivity index (χ4n) is 3.91. The van der Waals surface area contributed by atoms with Gasteiger partial charge in [0.1, 0.15) is 0 Å². The smallest absolute Gasteiger partial charge is 0.0385 e. The van der Waals surface area contributed by atoms with E-state index in [0.29, 0.717) is 0 Å². The van der Waals surface area contributed by atoms with Gasteiger partial charge in [0.25, 0.3) is 0 Å². The number of aryl methyl sites for hydroxylation is 1. The van der Waals surface area contributed by atoms with Gasteiger partial charge in [0.05, 0.1) is 0 Å². The van der Waals surface area contributed by atoms with Crippen molar-refractivity contribution in [3.63, 3.8) is 0 Å². The second kappa shape index (κ2) is 11.9. The largest absolute Gasteiger partial charge is 0.378 e. The maximum atomic E-state index is 4.44. The predicted octanol–water partition coefficient (Wildman–Crippen LogP) is 7.79. The third kappa shape index (κ3) is 5.96. The Morgan fingerprint density at radius 2 is 1.32 bits per heavy atom. The van der Waals surface area contributed by atoms with Crippen LogP contribution in [0, 0.1) is 0 Å². The topological polar surface area (TPSA) is 15.3 Å². The highest BCUT2D eigenvalue weighted by molar-refractivity contribution is 6.03. The third-order valence-electron chi connectivity index (χ3n) is 6.06. The summed E-state index contributed by atoms with van der Waals surface area (Å²) in [6, 6.07) is 29.5. The molecule has 174 valence electrons. The Hall–Kier alpha value is -3.78. The summed E-state index contributed by atoms with van der Waals surface area (Å²) in [4.78, 5) is 2.07. The van der Waals surface area contributed by atoms with Crippen LogP contribution in [0.3, 0.4) is 0 Å². The number of nitrogens with zero attached hydrogens (tertiary/aromatic N) is 1. The quantitative estimate of drug-likeness (QED) is 0.318. The standard InChI is InChI=1S/C32H36N2/c1-7-26-19-21-29(22-20-26)32(25(4)34(5)6)31(8-2)33-23-30(28-17-13-10-14-18-28)24(3)27-15-11-9-12-16-27/h9-23,33H,3-4,7-8H2,1-2,5-6H3/b30-23-,32-31+. The van der Waals surface area contributed by atoms with E-state index in [2.05, 4.69) is 104 Å². The molecule has 0 amide bonds. The van der Waals surface area contributed by atoms with Crippen molar-refractivity contribution >= 4 is 16.7 Å². The fraction of sp³-hybridized carbons (Fsp3) is 0.188. The first-order valence-corrected chi connectivity index (χ1v) is 11.9. The molecule has 0 saturated carbocycles. The molecule has 2 nitrogen and oxygen atoms in total. The van der Waals surface area contributed by atoms with Gasteiger partial charge in [-0.1, -0.05) is 112 Å². The van der Waals surface area contributed by atoms with Crippen LogP contribution in [0.5, 0.6) is 0 Å². The lowest BCUT2D eigenvalue weighted by molar-refractivity contribution is 0.535. The van der Waals surface area contributed by atoms with Gasteiger partial charge in [-0.2, -0.15) is 0 Å². The lowest BCUT2D eigenvalue weighted by Gasteiger charge is -2.23. The van der Waals surface area contributed by atoms with E-state index < -0.39 is 0 Å². The van der Waals surface area contributed by atoms with Crippen molar-refractivity contribution < 1.29 is 0 Å². The summed E-state index contributed by atoms with van der Waals surface area (Å²) in [6.07, 6.45) is 3.96. The van der Waals surface area contributed by atoms with Crippen LogP contribution in [0.2, 0.25) is 0 Å². The van der Waals surface area contributed by atoms with Gasteiger partial charge in [-0.05, 0) is 40.7 Å². The molecule has 0 spiro atoms. The minimum atomic E-state index is 0.841. The van der Waals surface area contributed by atoms with Crippen molar-refractivity contribution in [1.82, 2.24) is 10.2 Å². The number of hydrogen-bond donors (Lipinski definition) is 1. The van der Waals surface area contributed by atoms with E-state index >= 15 is 0 Å². The predicted molar refractivity (Wildman–Crippen MR) is 149 cm³/mol. The van der Waals surface area contributed by atoms with Gasteiger partial charge in [0, 0.05) is 42.8 Å². The van der Waals surface area contributed by atoms with E-state index in [1.165, 1.54) is 5.56 Å². The van der Waals surface area contributed by atoms with E-state index in [9.17, 15) is 0 Å². The van der Waals surface area contributed by atoms with Crippen molar-refractivity contribution in [3.05, 3.63) is 138 Å². The Labute approximate surface area is 205 Å². The first-order chi connectivity index (χ1) is 16.5. The SMILES string of the molecule is C=C(/C(=C/N/C(CC)=C(\C(=C)N(C)C)c1ccc(CC)cc1)c1ccccc1)c1ccccc1. The molecule has 3 aromatic carbocycles. The average molecular weight is 449 g/mol. The van der Waals surface area contributed by atoms with Crippen LogP contribution in [0.1, 0.15) is 42.5 Å². The lowest BCUT2D eigenvalue weighted by atomic mass is 9.94. The fourth-order valence-corrected chi connectivity index (χ4v) is 3.91. The van der Waals surface area contributed by atoms with Crippen LogP contribution in [-0.4, -0.2) is 19.0 Å². The summed E-state index contributed by atoms with van der Waals surface area (Å²) in [5, 5.41) is 3.65. The number of nitrogens with one attached hydrogen (secondary N) is 1. The molecule has 34 heavy (non-hydrogen) atoms. The summed E-state index contributed by atoms with van der Waals surface area (Å²) in [7, 11) is 4.08. The molecule has 3 rings (SSSR count). The van der Waals surface area contributed by atoms with E-state index in [1.54, 1.807) is 0 Å². The molecule has 0 aromatic heterocycles. The molecule has 0 unspecified atom stereocenters. The van der Waals surface area contributed by atoms with Crippen molar-refractivity contribution in [2.45, 2.75) is 26.7 Å². The highest BCUT2D eigenvalue weighted by Gasteiger charge is 2.15. The number of benzene rings is 3. The summed E-state index contributed by atoms with van der Waals surface area (Å²) in [5.41, 5.74) is 10.00. The molecule has 0 saturated heterocycles. The van der Waals surface area contributed by atoms with Gasteiger partial charge in [0.15, 0.2) is 0 Å². The van der Waals surface area contributed by atoms with Crippen molar-refractivity contribution in [1.29, 1.82) is 0 Å². The van der Waals surface area contributed by atoms with E-state index in [1.807, 2.05) is 38.4 Å². The van der Waals surface area contributed by atoms with E-state index in [-0.39, 0.29) is 0 Å². The monoisotopic (exact) mass is 448 g/mol. The first-order valence-electron chi connectivity index (χ1n) is 11.9. The molecule has 0 fully saturated rings. The van der Waals surface area contributed by atoms with E-state index in [4.69, 9.17) is 0 Å². The second-order valence-electron chi connectivity index (χ2n) is 8.51. The Balaban J connectivity index is 2.10. The molecular weight excluding hydrogens is 412 g/mol. The molecule has 0 bridgehead atoms. The zero-order valence-electron chi connectivity index (χ0n) is 20.9. The summed E-state index contributed by atoms with van der Waals surface area (Å²) >= 11 is 0. The lowest BCUT2D eigenvalue weighted by Crippen LogP contribution is -2.17. The molecule has 0 aliphatic rings. The normalized spacial score (nSPS) is 12.1. The van der Waals surface area contributed by atoms with Gasteiger partial charge >= 0.3 is 0 Å². The van der Waals surface area contributed by atoms with Crippen LogP contribution < -0.4 is 5.32 Å². The summed E-state index contributed by atoms with van der Waals surface area (Å²) in [6.45, 7) is 13.2. The van der Waals surface area contributed by atoms with Crippen molar-refractivity contribution in [3.8, 4) is 0 Å². The average Bonchev–Trinajstić information content (AvgIpc) is 2.89. The zero-order valence-corrected chi connectivity index (χ0v) is 20.9. The van der Waals surface area contributed by atoms with Crippen LogP contribution in [0.25, 0.3) is 16.7 Å². The molecule has 0 aliphatic heterocycles. The highest BCUT2D eigenvalue weighted by atomic mass is 15.1. The maximum Gasteiger partial charge on any atom is 0.0385 e. The van der Waals surface area contributed by atoms with Gasteiger partial charge < -0.3 is 10.2 Å². The Bertz CT molecular complexity index is 1160. The Morgan fingerprint density at radius 1 is 0.765 bits per heavy atom. The number of likely N-dealkylation sites (N-methyl/N-ethyl adjacent to an activating group) is 1. The third-order valence-corrected chi connectivity index (χ3v) is 6.06. The zero-order chi connectivity index (χ0) is 24.5. The van der Waals surface area contributed by atoms with Crippen LogP contribution in [0.4, 0.5) is 0 Å². The first kappa shape index (κ1) is 24.9. The van der Waals surface area contributed by atoms with Crippen LogP contribution >= 0.6 is 0 Å². The summed E-state index contributed by atoms with van der Waals surface area (Å²) < 4.78 is 0. The molecular formula is C32H36N2. The second-order valence-corrected chi connectivity index (χ2v) is 8.51. The summed E-state index contributed by atoms with van der Waals surface area (Å²) in [5.74, 6) is 0. The molecule has 0 aliphatic carbocycles. The van der Waals surface area contributed by atoms with Crippen LogP contribution in [-0.2, 0) is 6.42 Å². The molecule has 1 N–H and O–H groups in total. The molecule has 0 heterocycles. The van der Waals surface area contributed by atoms with Gasteiger partial charge in [-0.25, -0.2) is 0 Å². The molecule has 2 heteroatoms. The molecule has 3 aromatic rings. The molecule has 0 atom stereocenters. The van der Waals surface area contributed by atoms with E-state index in [0.717, 1.165) is 57.6 Å². The van der Waals surface area contributed by atoms with Crippen molar-refractivity contribution in [2.75, 3.05) is 14.1 Å². The highest BCUT2D eigenvalue weighted by Crippen LogP contribution is 2.31. The number of hydrogen-bond acceptors (Lipinski definition) is 2. The van der Waals surface area contributed by atoms with Crippen molar-refractivity contribution in [2.24, 2.45) is 0 Å². The van der Waals surface area contributed by atoms with Gasteiger partial charge in [-0.3, -0.25) is 0 Å². The minimum absolute atomic E-state index is 0.841. The number of allylic oxidation sites excluding steroid dienone is 4. The number of rotatable bonds is 10. The van der Waals surface area contributed by atoms with Crippen LogP contribution in [0.15, 0.2) is 116 Å². The Morgan fingerprint density at radius 3 is 1.82 bits per heavy atom. The van der Waals surface area contributed by atoms with Gasteiger partial charge in [-0.15, -0.1) is 0 Å². The Kier molecular flexibility index (Phi) is 8.70.